The van der Waals surface area contributed by atoms with Gasteiger partial charge in [-0.3, -0.25) is 0 Å². The van der Waals surface area contributed by atoms with Crippen molar-refractivity contribution in [3.63, 3.8) is 0 Å². The molecule has 0 aromatic heterocycles. The number of anilines is 8. The molecule has 4 aliphatic rings. The Kier molecular flexibility index (Phi) is 11.7. The molecule has 3 aliphatic heterocycles. The van der Waals surface area contributed by atoms with Gasteiger partial charge >= 0.3 is 0 Å². The van der Waals surface area contributed by atoms with Gasteiger partial charge < -0.3 is 14.7 Å². The Bertz CT molecular complexity index is 3620. The summed E-state index contributed by atoms with van der Waals surface area (Å²) in [6.07, 6.45) is 4.83. The van der Waals surface area contributed by atoms with Gasteiger partial charge in [-0.1, -0.05) is 206 Å². The van der Waals surface area contributed by atoms with Gasteiger partial charge in [0.25, 0.3) is 6.71 Å². The zero-order valence-corrected chi connectivity index (χ0v) is 48.8. The molecule has 1 aliphatic carbocycles. The van der Waals surface area contributed by atoms with Crippen LogP contribution in [0.3, 0.4) is 0 Å². The van der Waals surface area contributed by atoms with Crippen molar-refractivity contribution in [3.8, 4) is 22.3 Å². The molecule has 0 saturated heterocycles. The first kappa shape index (κ1) is 51.0. The number of hydrogen-bond donors (Lipinski definition) is 0. The molecule has 0 spiro atoms. The molecule has 3 nitrogen and oxygen atoms in total. The number of fused-ring (bicyclic) bond motifs is 7. The van der Waals surface area contributed by atoms with Crippen molar-refractivity contribution < 1.29 is 0 Å². The predicted octanol–water partition coefficient (Wildman–Crippen LogP) is 18.3. The van der Waals surface area contributed by atoms with Crippen LogP contribution in [-0.4, -0.2) is 12.3 Å². The zero-order valence-electron chi connectivity index (χ0n) is 48.8. The van der Waals surface area contributed by atoms with Crippen molar-refractivity contribution in [3.05, 3.63) is 197 Å². The summed E-state index contributed by atoms with van der Waals surface area (Å²) in [5.41, 5.74) is 27.0. The summed E-state index contributed by atoms with van der Waals surface area (Å²) in [4.78, 5) is 8.05. The molecule has 3 heterocycles. The molecular weight excluding hydrogens is 930 g/mol. The lowest BCUT2D eigenvalue weighted by Crippen LogP contribution is -2.61. The lowest BCUT2D eigenvalue weighted by atomic mass is 9.33. The second-order valence-corrected chi connectivity index (χ2v) is 27.9. The third-order valence-electron chi connectivity index (χ3n) is 18.7. The average molecular weight is 1010 g/mol. The number of rotatable bonds is 5. The number of aryl methyl sites for hydroxylation is 1. The fourth-order valence-electron chi connectivity index (χ4n) is 13.9. The molecule has 2 atom stereocenters. The summed E-state index contributed by atoms with van der Waals surface area (Å²) in [5.74, 6) is 0. The van der Waals surface area contributed by atoms with E-state index in [0.29, 0.717) is 0 Å². The van der Waals surface area contributed by atoms with Gasteiger partial charge in [0.1, 0.15) is 0 Å². The normalized spacial score (nSPS) is 18.9. The van der Waals surface area contributed by atoms with Crippen molar-refractivity contribution >= 4 is 68.6 Å². The van der Waals surface area contributed by atoms with E-state index in [2.05, 4.69) is 282 Å². The molecule has 1 saturated carbocycles. The van der Waals surface area contributed by atoms with Crippen LogP contribution >= 0.6 is 0 Å². The maximum Gasteiger partial charge on any atom is 0.252 e. The van der Waals surface area contributed by atoms with Crippen molar-refractivity contribution in [2.24, 2.45) is 0 Å². The standard InChI is InChI=1S/C73H80BN3/c1-47-41-65-67-66(42-47)76(61-37-30-53(70(8,9)10)44-57(61)49-23-26-51(27-24-49)68(2,3)4)63-36-25-50(48-21-17-16-18-22-48)43-60(63)74(67)59-35-34-56(46-64(59)75(65)55-32-28-52(29-33-55)69(5,6)7)77-62-38-31-54(71(11,12)13)45-58(62)72(14)39-19-20-40-73(72,77)15/h16-18,21-38,41-46H,19-20,39-40H2,1-15H3. The third-order valence-corrected chi connectivity index (χ3v) is 18.7. The lowest BCUT2D eigenvalue weighted by Gasteiger charge is -2.50. The van der Waals surface area contributed by atoms with E-state index in [0.717, 1.165) is 6.42 Å². The summed E-state index contributed by atoms with van der Waals surface area (Å²) in [6.45, 7) is 35.4. The molecule has 0 N–H and O–H groups in total. The van der Waals surface area contributed by atoms with Crippen LogP contribution in [0.2, 0.25) is 0 Å². The van der Waals surface area contributed by atoms with E-state index in [1.165, 1.54) is 137 Å². The maximum atomic E-state index is 2.78. The van der Waals surface area contributed by atoms with Crippen LogP contribution in [0.15, 0.2) is 164 Å². The number of hydrogen-bond acceptors (Lipinski definition) is 3. The molecule has 390 valence electrons. The highest BCUT2D eigenvalue weighted by molar-refractivity contribution is 7.00. The highest BCUT2D eigenvalue weighted by Crippen LogP contribution is 2.62. The molecule has 8 aromatic rings. The first-order chi connectivity index (χ1) is 36.3. The predicted molar refractivity (Wildman–Crippen MR) is 334 cm³/mol. The van der Waals surface area contributed by atoms with Crippen molar-refractivity contribution in [1.82, 2.24) is 0 Å². The molecule has 4 heteroatoms. The van der Waals surface area contributed by atoms with E-state index in [-0.39, 0.29) is 39.3 Å². The number of nitrogens with zero attached hydrogens (tertiary/aromatic N) is 3. The molecule has 12 rings (SSSR count). The second-order valence-electron chi connectivity index (χ2n) is 27.9. The van der Waals surface area contributed by atoms with Crippen molar-refractivity contribution in [2.75, 3.05) is 14.7 Å². The van der Waals surface area contributed by atoms with Crippen molar-refractivity contribution in [1.29, 1.82) is 0 Å². The SMILES string of the molecule is Cc1cc2c3c(c1)N(c1ccc(C(C)(C)C)cc1-c1ccc(C(C)(C)C)cc1)c1ccc(-c4ccccc4)cc1B3c1ccc(N3c4ccc(C(C)(C)C)cc4C4(C)CCCCC34C)cc1N2c1ccc(C(C)(C)C)cc1. The molecule has 8 aromatic carbocycles. The summed E-state index contributed by atoms with van der Waals surface area (Å²) in [6, 6.07) is 64.5. The van der Waals surface area contributed by atoms with Crippen LogP contribution in [0.4, 0.5) is 45.5 Å². The molecule has 0 radical (unpaired) electrons. The van der Waals surface area contributed by atoms with Gasteiger partial charge in [-0.2, -0.15) is 0 Å². The minimum atomic E-state index is -0.0936. The molecule has 0 amide bonds. The Morgan fingerprint density at radius 1 is 0.403 bits per heavy atom. The molecule has 0 bridgehead atoms. The minimum absolute atomic E-state index is 0.0109. The van der Waals surface area contributed by atoms with Gasteiger partial charge in [0.15, 0.2) is 0 Å². The summed E-state index contributed by atoms with van der Waals surface area (Å²) in [5, 5.41) is 0. The first-order valence-corrected chi connectivity index (χ1v) is 28.7. The lowest BCUT2D eigenvalue weighted by molar-refractivity contribution is 0.195. The Balaban J connectivity index is 1.14. The second kappa shape index (κ2) is 17.6. The van der Waals surface area contributed by atoms with E-state index in [1.54, 1.807) is 0 Å². The topological polar surface area (TPSA) is 9.72 Å². The summed E-state index contributed by atoms with van der Waals surface area (Å²) in [7, 11) is 0. The smallest absolute Gasteiger partial charge is 0.252 e. The monoisotopic (exact) mass is 1010 g/mol. The van der Waals surface area contributed by atoms with Crippen LogP contribution in [0, 0.1) is 6.92 Å². The zero-order chi connectivity index (χ0) is 54.4. The Hall–Kier alpha value is -6.78. The van der Waals surface area contributed by atoms with Gasteiger partial charge in [0, 0.05) is 50.8 Å². The van der Waals surface area contributed by atoms with Crippen LogP contribution in [0.1, 0.15) is 156 Å². The Morgan fingerprint density at radius 3 is 1.57 bits per heavy atom. The van der Waals surface area contributed by atoms with Crippen LogP contribution in [0.25, 0.3) is 22.3 Å². The largest absolute Gasteiger partial charge is 0.334 e. The molecule has 77 heavy (non-hydrogen) atoms. The first-order valence-electron chi connectivity index (χ1n) is 28.7. The average Bonchev–Trinajstić information content (AvgIpc) is 3.83. The molecule has 1 fully saturated rings. The van der Waals surface area contributed by atoms with E-state index in [1.807, 2.05) is 0 Å². The van der Waals surface area contributed by atoms with E-state index >= 15 is 0 Å². The fraction of sp³-hybridized carbons (Fsp3) is 0.342. The summed E-state index contributed by atoms with van der Waals surface area (Å²) >= 11 is 0. The highest BCUT2D eigenvalue weighted by Gasteiger charge is 2.58. The Labute approximate surface area is 462 Å². The molecular formula is C73H80BN3. The van der Waals surface area contributed by atoms with Gasteiger partial charge in [-0.15, -0.1) is 0 Å². The number of benzene rings is 8. The van der Waals surface area contributed by atoms with Crippen LogP contribution < -0.4 is 31.1 Å². The van der Waals surface area contributed by atoms with Gasteiger partial charge in [-0.25, -0.2) is 0 Å². The minimum Gasteiger partial charge on any atom is -0.334 e. The third kappa shape index (κ3) is 8.21. The van der Waals surface area contributed by atoms with E-state index in [4.69, 9.17) is 0 Å². The highest BCUT2D eigenvalue weighted by atomic mass is 15.3. The maximum absolute atomic E-state index is 2.78. The van der Waals surface area contributed by atoms with E-state index in [9.17, 15) is 0 Å². The quantitative estimate of drug-likeness (QED) is 0.159. The van der Waals surface area contributed by atoms with Gasteiger partial charge in [0.05, 0.1) is 11.2 Å². The fourth-order valence-corrected chi connectivity index (χ4v) is 13.9. The van der Waals surface area contributed by atoms with E-state index < -0.39 is 0 Å². The van der Waals surface area contributed by atoms with Crippen LogP contribution in [0.5, 0.6) is 0 Å². The van der Waals surface area contributed by atoms with Crippen LogP contribution in [-0.2, 0) is 27.1 Å². The summed E-state index contributed by atoms with van der Waals surface area (Å²) < 4.78 is 0. The van der Waals surface area contributed by atoms with Gasteiger partial charge in [-0.05, 0) is 175 Å². The van der Waals surface area contributed by atoms with Gasteiger partial charge in [0.2, 0.25) is 0 Å². The molecule has 2 unspecified atom stereocenters. The Morgan fingerprint density at radius 2 is 0.935 bits per heavy atom. The van der Waals surface area contributed by atoms with Crippen molar-refractivity contribution in [2.45, 2.75) is 162 Å².